The highest BCUT2D eigenvalue weighted by molar-refractivity contribution is 7.99. The largest absolute Gasteiger partial charge is 0.316 e. The minimum absolute atomic E-state index is 0.840. The van der Waals surface area contributed by atoms with E-state index in [1.807, 2.05) is 0 Å². The summed E-state index contributed by atoms with van der Waals surface area (Å²) in [5, 5.41) is 4.49. The molecule has 0 radical (unpaired) electrons. The lowest BCUT2D eigenvalue weighted by Gasteiger charge is -2.14. The highest BCUT2D eigenvalue weighted by atomic mass is 32.2. The van der Waals surface area contributed by atoms with Gasteiger partial charge in [-0.15, -0.1) is 0 Å². The Kier molecular flexibility index (Phi) is 6.70. The molecule has 0 aromatic rings. The van der Waals surface area contributed by atoms with Gasteiger partial charge in [-0.2, -0.15) is 11.8 Å². The summed E-state index contributed by atoms with van der Waals surface area (Å²) in [6, 6.07) is 0. The van der Waals surface area contributed by atoms with Crippen LogP contribution in [0.3, 0.4) is 0 Å². The molecule has 0 heterocycles. The van der Waals surface area contributed by atoms with E-state index in [1.165, 1.54) is 50.9 Å². The fourth-order valence-electron chi connectivity index (χ4n) is 1.94. The summed E-state index contributed by atoms with van der Waals surface area (Å²) in [6.45, 7) is 6.97. The van der Waals surface area contributed by atoms with Gasteiger partial charge in [-0.05, 0) is 44.0 Å². The Morgan fingerprint density at radius 1 is 1.36 bits per heavy atom. The Morgan fingerprint density at radius 3 is 2.71 bits per heavy atom. The van der Waals surface area contributed by atoms with Crippen molar-refractivity contribution < 1.29 is 0 Å². The highest BCUT2D eigenvalue weighted by Crippen LogP contribution is 2.30. The van der Waals surface area contributed by atoms with Gasteiger partial charge in [0, 0.05) is 5.25 Å². The van der Waals surface area contributed by atoms with Crippen LogP contribution in [-0.2, 0) is 0 Å². The Morgan fingerprint density at radius 2 is 2.07 bits per heavy atom. The van der Waals surface area contributed by atoms with Crippen LogP contribution in [0.1, 0.15) is 46.0 Å². The van der Waals surface area contributed by atoms with Crippen LogP contribution < -0.4 is 5.32 Å². The molecule has 0 aromatic heterocycles. The molecule has 1 unspecified atom stereocenters. The summed E-state index contributed by atoms with van der Waals surface area (Å²) < 4.78 is 0. The maximum atomic E-state index is 3.50. The zero-order valence-electron chi connectivity index (χ0n) is 9.72. The molecule has 1 fully saturated rings. The van der Waals surface area contributed by atoms with E-state index in [4.69, 9.17) is 0 Å². The van der Waals surface area contributed by atoms with Crippen molar-refractivity contribution in [1.29, 1.82) is 0 Å². The van der Waals surface area contributed by atoms with Crippen LogP contribution >= 0.6 is 11.8 Å². The van der Waals surface area contributed by atoms with E-state index in [1.54, 1.807) is 0 Å². The van der Waals surface area contributed by atoms with E-state index in [2.05, 4.69) is 30.9 Å². The normalized spacial score (nSPS) is 20.1. The molecule has 0 spiro atoms. The van der Waals surface area contributed by atoms with Gasteiger partial charge >= 0.3 is 0 Å². The standard InChI is InChI=1S/C12H25NS/c1-3-8-13-9-11(2)10-14-12-6-4-5-7-12/h11-13H,3-10H2,1-2H3. The van der Waals surface area contributed by atoms with Crippen LogP contribution in [0.2, 0.25) is 0 Å². The SMILES string of the molecule is CCCNCC(C)CSC1CCCC1. The summed E-state index contributed by atoms with van der Waals surface area (Å²) in [7, 11) is 0. The molecular weight excluding hydrogens is 190 g/mol. The Labute approximate surface area is 93.4 Å². The van der Waals surface area contributed by atoms with E-state index in [0.717, 1.165) is 11.2 Å². The molecule has 0 aromatic carbocycles. The van der Waals surface area contributed by atoms with Crippen molar-refractivity contribution in [2.45, 2.75) is 51.2 Å². The van der Waals surface area contributed by atoms with Crippen molar-refractivity contribution in [3.05, 3.63) is 0 Å². The molecule has 1 aliphatic carbocycles. The fourth-order valence-corrected chi connectivity index (χ4v) is 3.32. The predicted octanol–water partition coefficient (Wildman–Crippen LogP) is 3.30. The van der Waals surface area contributed by atoms with Crippen LogP contribution in [0.25, 0.3) is 0 Å². The first-order chi connectivity index (χ1) is 6.83. The molecule has 0 amide bonds. The number of hydrogen-bond donors (Lipinski definition) is 1. The third-order valence-corrected chi connectivity index (χ3v) is 4.54. The van der Waals surface area contributed by atoms with Gasteiger partial charge in [-0.1, -0.05) is 26.7 Å². The molecule has 1 saturated carbocycles. The second kappa shape index (κ2) is 7.58. The molecular formula is C12H25NS. The molecule has 2 heteroatoms. The lowest BCUT2D eigenvalue weighted by atomic mass is 10.2. The first-order valence-corrected chi connectivity index (χ1v) is 7.20. The molecule has 0 aliphatic heterocycles. The van der Waals surface area contributed by atoms with Crippen molar-refractivity contribution in [3.8, 4) is 0 Å². The zero-order valence-corrected chi connectivity index (χ0v) is 10.5. The van der Waals surface area contributed by atoms with Crippen LogP contribution in [0, 0.1) is 5.92 Å². The van der Waals surface area contributed by atoms with Gasteiger partial charge in [0.05, 0.1) is 0 Å². The van der Waals surface area contributed by atoms with Gasteiger partial charge in [-0.25, -0.2) is 0 Å². The molecule has 1 atom stereocenters. The Bertz CT molecular complexity index is 132. The molecule has 1 nitrogen and oxygen atoms in total. The van der Waals surface area contributed by atoms with Crippen molar-refractivity contribution in [1.82, 2.24) is 5.32 Å². The third-order valence-electron chi connectivity index (χ3n) is 2.84. The monoisotopic (exact) mass is 215 g/mol. The van der Waals surface area contributed by atoms with Gasteiger partial charge in [0.25, 0.3) is 0 Å². The Hall–Kier alpha value is 0.310. The van der Waals surface area contributed by atoms with Crippen LogP contribution in [0.15, 0.2) is 0 Å². The predicted molar refractivity (Wildman–Crippen MR) is 67.0 cm³/mol. The maximum Gasteiger partial charge on any atom is 0.00471 e. The van der Waals surface area contributed by atoms with Crippen LogP contribution in [0.5, 0.6) is 0 Å². The van der Waals surface area contributed by atoms with Crippen molar-refractivity contribution in [2.75, 3.05) is 18.8 Å². The number of hydrogen-bond acceptors (Lipinski definition) is 2. The van der Waals surface area contributed by atoms with E-state index < -0.39 is 0 Å². The number of thioether (sulfide) groups is 1. The lowest BCUT2D eigenvalue weighted by molar-refractivity contribution is 0.556. The van der Waals surface area contributed by atoms with E-state index in [9.17, 15) is 0 Å². The summed E-state index contributed by atoms with van der Waals surface area (Å²) in [5.74, 6) is 2.19. The van der Waals surface area contributed by atoms with Crippen molar-refractivity contribution in [2.24, 2.45) is 5.92 Å². The maximum absolute atomic E-state index is 3.50. The third kappa shape index (κ3) is 5.26. The summed E-state index contributed by atoms with van der Waals surface area (Å²) in [5.41, 5.74) is 0. The molecule has 0 bridgehead atoms. The van der Waals surface area contributed by atoms with Gasteiger partial charge in [0.1, 0.15) is 0 Å². The molecule has 0 saturated heterocycles. The van der Waals surface area contributed by atoms with E-state index >= 15 is 0 Å². The van der Waals surface area contributed by atoms with Crippen LogP contribution in [0.4, 0.5) is 0 Å². The Balaban J connectivity index is 1.93. The topological polar surface area (TPSA) is 12.0 Å². The summed E-state index contributed by atoms with van der Waals surface area (Å²) >= 11 is 2.21. The fraction of sp³-hybridized carbons (Fsp3) is 1.00. The van der Waals surface area contributed by atoms with Crippen LogP contribution in [-0.4, -0.2) is 24.1 Å². The van der Waals surface area contributed by atoms with Crippen molar-refractivity contribution in [3.63, 3.8) is 0 Å². The van der Waals surface area contributed by atoms with Gasteiger partial charge in [-0.3, -0.25) is 0 Å². The van der Waals surface area contributed by atoms with Gasteiger partial charge in [0.2, 0.25) is 0 Å². The minimum atomic E-state index is 0.840. The second-order valence-corrected chi connectivity index (χ2v) is 5.88. The quantitative estimate of drug-likeness (QED) is 0.654. The van der Waals surface area contributed by atoms with Gasteiger partial charge in [0.15, 0.2) is 0 Å². The molecule has 1 N–H and O–H groups in total. The zero-order chi connectivity index (χ0) is 10.2. The smallest absolute Gasteiger partial charge is 0.00471 e. The minimum Gasteiger partial charge on any atom is -0.316 e. The number of rotatable bonds is 7. The lowest BCUT2D eigenvalue weighted by Crippen LogP contribution is -2.23. The molecule has 84 valence electrons. The summed E-state index contributed by atoms with van der Waals surface area (Å²) in [6.07, 6.45) is 7.14. The average Bonchev–Trinajstić information content (AvgIpc) is 2.68. The summed E-state index contributed by atoms with van der Waals surface area (Å²) in [4.78, 5) is 0. The molecule has 14 heavy (non-hydrogen) atoms. The second-order valence-electron chi connectivity index (χ2n) is 4.55. The van der Waals surface area contributed by atoms with E-state index in [-0.39, 0.29) is 0 Å². The molecule has 1 rings (SSSR count). The molecule has 1 aliphatic rings. The average molecular weight is 215 g/mol. The van der Waals surface area contributed by atoms with E-state index in [0.29, 0.717) is 0 Å². The first-order valence-electron chi connectivity index (χ1n) is 6.15. The first kappa shape index (κ1) is 12.4. The van der Waals surface area contributed by atoms with Crippen molar-refractivity contribution >= 4 is 11.8 Å². The highest BCUT2D eigenvalue weighted by Gasteiger charge is 2.15. The number of nitrogens with one attached hydrogen (secondary N) is 1. The van der Waals surface area contributed by atoms with Gasteiger partial charge < -0.3 is 5.32 Å².